The SMILES string of the molecule is C[C@@H]1CNC[C@H]1c1nnc2c(Cl)cc(C(F)(F)F)cn12. The van der Waals surface area contributed by atoms with Gasteiger partial charge in [0.05, 0.1) is 10.6 Å². The standard InChI is InChI=1S/C12H12ClF3N4/c1-6-3-17-4-8(6)10-18-19-11-9(13)2-7(5-20(10)11)12(14,15)16/h2,5-6,8,17H,3-4H2,1H3/t6-,8-/m1/s1. The van der Waals surface area contributed by atoms with Gasteiger partial charge in [0.25, 0.3) is 0 Å². The summed E-state index contributed by atoms with van der Waals surface area (Å²) in [5.41, 5.74) is -0.538. The third-order valence-electron chi connectivity index (χ3n) is 3.66. The van der Waals surface area contributed by atoms with E-state index in [1.807, 2.05) is 6.92 Å². The summed E-state index contributed by atoms with van der Waals surface area (Å²) in [6.07, 6.45) is -3.43. The van der Waals surface area contributed by atoms with Crippen molar-refractivity contribution in [2.75, 3.05) is 13.1 Å². The number of aromatic nitrogens is 3. The van der Waals surface area contributed by atoms with Crippen LogP contribution < -0.4 is 5.32 Å². The first kappa shape index (κ1) is 13.6. The highest BCUT2D eigenvalue weighted by Gasteiger charge is 2.34. The highest BCUT2D eigenvalue weighted by Crippen LogP contribution is 2.34. The van der Waals surface area contributed by atoms with Gasteiger partial charge in [-0.3, -0.25) is 4.40 Å². The van der Waals surface area contributed by atoms with Crippen LogP contribution >= 0.6 is 11.6 Å². The van der Waals surface area contributed by atoms with E-state index in [4.69, 9.17) is 11.6 Å². The van der Waals surface area contributed by atoms with Gasteiger partial charge in [0.2, 0.25) is 0 Å². The van der Waals surface area contributed by atoms with E-state index in [1.165, 1.54) is 4.40 Å². The van der Waals surface area contributed by atoms with Crippen LogP contribution in [0.3, 0.4) is 0 Å². The molecule has 1 aliphatic heterocycles. The zero-order valence-corrected chi connectivity index (χ0v) is 11.3. The van der Waals surface area contributed by atoms with Crippen LogP contribution in [0.2, 0.25) is 5.02 Å². The molecule has 0 amide bonds. The second-order valence-electron chi connectivity index (χ2n) is 5.07. The maximum atomic E-state index is 12.9. The smallest absolute Gasteiger partial charge is 0.316 e. The van der Waals surface area contributed by atoms with Crippen LogP contribution in [0.15, 0.2) is 12.3 Å². The van der Waals surface area contributed by atoms with Crippen molar-refractivity contribution < 1.29 is 13.2 Å². The molecule has 20 heavy (non-hydrogen) atoms. The first-order valence-corrected chi connectivity index (χ1v) is 6.58. The van der Waals surface area contributed by atoms with Gasteiger partial charge in [-0.25, -0.2) is 0 Å². The molecule has 2 atom stereocenters. The van der Waals surface area contributed by atoms with Crippen LogP contribution in [-0.4, -0.2) is 27.7 Å². The summed E-state index contributed by atoms with van der Waals surface area (Å²) in [5.74, 6) is 0.839. The van der Waals surface area contributed by atoms with Crippen molar-refractivity contribution in [3.05, 3.63) is 28.7 Å². The number of alkyl halides is 3. The Morgan fingerprint density at radius 1 is 1.35 bits per heavy atom. The number of pyridine rings is 1. The van der Waals surface area contributed by atoms with E-state index >= 15 is 0 Å². The topological polar surface area (TPSA) is 42.2 Å². The minimum atomic E-state index is -4.45. The van der Waals surface area contributed by atoms with Gasteiger partial charge in [-0.2, -0.15) is 13.2 Å². The Balaban J connectivity index is 2.17. The van der Waals surface area contributed by atoms with Crippen LogP contribution in [-0.2, 0) is 6.18 Å². The summed E-state index contributed by atoms with van der Waals surface area (Å²) in [6, 6.07) is 0.881. The molecule has 2 aromatic rings. The van der Waals surface area contributed by atoms with Gasteiger partial charge in [0.1, 0.15) is 5.82 Å². The molecular weight excluding hydrogens is 293 g/mol. The third kappa shape index (κ3) is 2.14. The molecule has 4 nitrogen and oxygen atoms in total. The molecule has 3 rings (SSSR count). The summed E-state index contributed by atoms with van der Waals surface area (Å²) < 4.78 is 39.9. The molecule has 108 valence electrons. The normalized spacial score (nSPS) is 23.6. The molecule has 0 spiro atoms. The summed E-state index contributed by atoms with van der Waals surface area (Å²) in [4.78, 5) is 0. The number of hydrogen-bond donors (Lipinski definition) is 1. The van der Waals surface area contributed by atoms with Crippen LogP contribution in [0.5, 0.6) is 0 Å². The average molecular weight is 305 g/mol. The van der Waals surface area contributed by atoms with Gasteiger partial charge in [0, 0.05) is 18.7 Å². The Hall–Kier alpha value is -1.34. The van der Waals surface area contributed by atoms with Gasteiger partial charge in [-0.15, -0.1) is 10.2 Å². The van der Waals surface area contributed by atoms with E-state index in [1.54, 1.807) is 0 Å². The first-order chi connectivity index (χ1) is 9.38. The number of fused-ring (bicyclic) bond motifs is 1. The van der Waals surface area contributed by atoms with Crippen molar-refractivity contribution in [3.8, 4) is 0 Å². The summed E-state index contributed by atoms with van der Waals surface area (Å²) in [7, 11) is 0. The van der Waals surface area contributed by atoms with Crippen LogP contribution in [0.25, 0.3) is 5.65 Å². The fraction of sp³-hybridized carbons (Fsp3) is 0.500. The van der Waals surface area contributed by atoms with E-state index in [0.717, 1.165) is 18.8 Å². The molecule has 8 heteroatoms. The Morgan fingerprint density at radius 2 is 2.10 bits per heavy atom. The van der Waals surface area contributed by atoms with Gasteiger partial charge in [-0.1, -0.05) is 18.5 Å². The number of nitrogens with zero attached hydrogens (tertiary/aromatic N) is 3. The fourth-order valence-electron chi connectivity index (χ4n) is 2.53. The van der Waals surface area contributed by atoms with Crippen molar-refractivity contribution in [3.63, 3.8) is 0 Å². The first-order valence-electron chi connectivity index (χ1n) is 6.20. The largest absolute Gasteiger partial charge is 0.417 e. The van der Waals surface area contributed by atoms with Crippen molar-refractivity contribution in [1.29, 1.82) is 0 Å². The zero-order valence-electron chi connectivity index (χ0n) is 10.6. The number of halogens is 4. The van der Waals surface area contributed by atoms with E-state index in [2.05, 4.69) is 15.5 Å². The van der Waals surface area contributed by atoms with Gasteiger partial charge in [-0.05, 0) is 18.5 Å². The van der Waals surface area contributed by atoms with Crippen molar-refractivity contribution >= 4 is 17.2 Å². The van der Waals surface area contributed by atoms with Crippen LogP contribution in [0.1, 0.15) is 24.2 Å². The molecule has 2 aromatic heterocycles. The second kappa shape index (κ2) is 4.60. The van der Waals surface area contributed by atoms with E-state index in [-0.39, 0.29) is 22.5 Å². The summed E-state index contributed by atoms with van der Waals surface area (Å²) >= 11 is 5.89. The Morgan fingerprint density at radius 3 is 2.70 bits per heavy atom. The molecule has 0 saturated carbocycles. The van der Waals surface area contributed by atoms with Crippen molar-refractivity contribution in [2.24, 2.45) is 5.92 Å². The number of hydrogen-bond acceptors (Lipinski definition) is 3. The second-order valence-corrected chi connectivity index (χ2v) is 5.48. The minimum Gasteiger partial charge on any atom is -0.316 e. The predicted octanol–water partition coefficient (Wildman–Crippen LogP) is 2.72. The Labute approximate surface area is 117 Å². The summed E-state index contributed by atoms with van der Waals surface area (Å²) in [5, 5.41) is 11.1. The monoisotopic (exact) mass is 304 g/mol. The Kier molecular flexibility index (Phi) is 3.13. The lowest BCUT2D eigenvalue weighted by Gasteiger charge is -2.13. The third-order valence-corrected chi connectivity index (χ3v) is 3.94. The fourth-order valence-corrected chi connectivity index (χ4v) is 2.78. The molecular formula is C12H12ClF3N4. The molecule has 1 saturated heterocycles. The molecule has 1 fully saturated rings. The Bertz CT molecular complexity index is 652. The number of nitrogens with one attached hydrogen (secondary N) is 1. The highest BCUT2D eigenvalue weighted by molar-refractivity contribution is 6.33. The average Bonchev–Trinajstić information content (AvgIpc) is 2.93. The molecule has 1 aliphatic rings. The molecule has 0 aromatic carbocycles. The molecule has 0 aliphatic carbocycles. The zero-order chi connectivity index (χ0) is 14.5. The molecule has 0 unspecified atom stereocenters. The maximum absolute atomic E-state index is 12.9. The van der Waals surface area contributed by atoms with Gasteiger partial charge < -0.3 is 5.32 Å². The van der Waals surface area contributed by atoms with Gasteiger partial charge in [0.15, 0.2) is 5.65 Å². The van der Waals surface area contributed by atoms with E-state index in [9.17, 15) is 13.2 Å². The van der Waals surface area contributed by atoms with Crippen molar-refractivity contribution in [1.82, 2.24) is 19.9 Å². The summed E-state index contributed by atoms with van der Waals surface area (Å²) in [6.45, 7) is 3.52. The lowest BCUT2D eigenvalue weighted by molar-refractivity contribution is -0.137. The van der Waals surface area contributed by atoms with Crippen LogP contribution in [0.4, 0.5) is 13.2 Å². The highest BCUT2D eigenvalue weighted by atomic mass is 35.5. The lowest BCUT2D eigenvalue weighted by Crippen LogP contribution is -2.13. The maximum Gasteiger partial charge on any atom is 0.417 e. The van der Waals surface area contributed by atoms with E-state index in [0.29, 0.717) is 12.4 Å². The van der Waals surface area contributed by atoms with Gasteiger partial charge >= 0.3 is 6.18 Å². The quantitative estimate of drug-likeness (QED) is 0.881. The number of rotatable bonds is 1. The molecule has 1 N–H and O–H groups in total. The lowest BCUT2D eigenvalue weighted by atomic mass is 9.97. The van der Waals surface area contributed by atoms with E-state index < -0.39 is 11.7 Å². The minimum absolute atomic E-state index is 0.0320. The molecule has 0 bridgehead atoms. The molecule has 3 heterocycles. The molecule has 0 radical (unpaired) electrons. The predicted molar refractivity (Wildman–Crippen MR) is 67.8 cm³/mol. The van der Waals surface area contributed by atoms with Crippen molar-refractivity contribution in [2.45, 2.75) is 19.0 Å². The van der Waals surface area contributed by atoms with Crippen LogP contribution in [0, 0.1) is 5.92 Å².